The predicted octanol–water partition coefficient (Wildman–Crippen LogP) is -0.109. The number of nitriles is 1. The molecule has 6 nitrogen and oxygen atoms in total. The standard InChI is InChI=1S/C12H16N4O2/c1-8(15(2)10-3-4-10)6-16-7-9(5-13)11(17)14-12(16)18/h7-8,10H,3-4,6H2,1-2H3,(H,14,17,18). The number of likely N-dealkylation sites (N-methyl/N-ethyl adjacent to an activating group) is 1. The van der Waals surface area contributed by atoms with Gasteiger partial charge < -0.3 is 0 Å². The Labute approximate surface area is 104 Å². The summed E-state index contributed by atoms with van der Waals surface area (Å²) >= 11 is 0. The molecular formula is C12H16N4O2. The Morgan fingerprint density at radius 2 is 2.28 bits per heavy atom. The van der Waals surface area contributed by atoms with Gasteiger partial charge in [0.2, 0.25) is 0 Å². The molecule has 2 rings (SSSR count). The first-order valence-corrected chi connectivity index (χ1v) is 5.98. The van der Waals surface area contributed by atoms with Gasteiger partial charge in [-0.2, -0.15) is 5.26 Å². The van der Waals surface area contributed by atoms with E-state index in [1.807, 2.05) is 14.0 Å². The Balaban J connectivity index is 2.21. The predicted molar refractivity (Wildman–Crippen MR) is 66.3 cm³/mol. The highest BCUT2D eigenvalue weighted by Gasteiger charge is 2.29. The maximum atomic E-state index is 11.6. The average Bonchev–Trinajstić information content (AvgIpc) is 3.15. The fourth-order valence-corrected chi connectivity index (χ4v) is 1.98. The van der Waals surface area contributed by atoms with Crippen LogP contribution < -0.4 is 11.2 Å². The molecule has 1 aromatic heterocycles. The van der Waals surface area contributed by atoms with Gasteiger partial charge in [-0.15, -0.1) is 0 Å². The first-order valence-electron chi connectivity index (χ1n) is 5.98. The maximum absolute atomic E-state index is 11.6. The van der Waals surface area contributed by atoms with Crippen molar-refractivity contribution in [1.82, 2.24) is 14.5 Å². The van der Waals surface area contributed by atoms with Gasteiger partial charge in [0.25, 0.3) is 5.56 Å². The van der Waals surface area contributed by atoms with Crippen LogP contribution in [0.1, 0.15) is 25.3 Å². The van der Waals surface area contributed by atoms with Crippen molar-refractivity contribution in [2.45, 2.75) is 38.4 Å². The lowest BCUT2D eigenvalue weighted by Gasteiger charge is -2.24. The molecule has 1 heterocycles. The van der Waals surface area contributed by atoms with Gasteiger partial charge in [-0.05, 0) is 26.8 Å². The molecule has 0 saturated heterocycles. The maximum Gasteiger partial charge on any atom is 0.328 e. The van der Waals surface area contributed by atoms with Gasteiger partial charge in [0, 0.05) is 24.8 Å². The summed E-state index contributed by atoms with van der Waals surface area (Å²) in [5.41, 5.74) is -1.12. The van der Waals surface area contributed by atoms with Crippen molar-refractivity contribution in [3.05, 3.63) is 32.6 Å². The van der Waals surface area contributed by atoms with Gasteiger partial charge in [-0.1, -0.05) is 0 Å². The molecule has 0 aliphatic heterocycles. The van der Waals surface area contributed by atoms with Crippen LogP contribution in [0.5, 0.6) is 0 Å². The Morgan fingerprint density at radius 1 is 1.61 bits per heavy atom. The number of aromatic nitrogens is 2. The number of hydrogen-bond donors (Lipinski definition) is 1. The molecule has 0 bridgehead atoms. The van der Waals surface area contributed by atoms with Crippen molar-refractivity contribution < 1.29 is 0 Å². The van der Waals surface area contributed by atoms with Crippen LogP contribution in [-0.4, -0.2) is 33.6 Å². The number of H-pyrrole nitrogens is 1. The molecule has 6 heteroatoms. The van der Waals surface area contributed by atoms with E-state index in [2.05, 4.69) is 9.88 Å². The number of hydrogen-bond acceptors (Lipinski definition) is 4. The summed E-state index contributed by atoms with van der Waals surface area (Å²) in [4.78, 5) is 27.3. The summed E-state index contributed by atoms with van der Waals surface area (Å²) in [5.74, 6) is 0. The molecule has 0 aromatic carbocycles. The Hall–Kier alpha value is -1.87. The third-order valence-electron chi connectivity index (χ3n) is 3.41. The molecular weight excluding hydrogens is 232 g/mol. The second kappa shape index (κ2) is 4.78. The summed E-state index contributed by atoms with van der Waals surface area (Å²) in [6.45, 7) is 2.50. The van der Waals surface area contributed by atoms with Crippen molar-refractivity contribution in [3.8, 4) is 6.07 Å². The molecule has 1 unspecified atom stereocenters. The van der Waals surface area contributed by atoms with Crippen LogP contribution in [0.3, 0.4) is 0 Å². The van der Waals surface area contributed by atoms with Crippen molar-refractivity contribution in [1.29, 1.82) is 5.26 Å². The largest absolute Gasteiger partial charge is 0.328 e. The number of aromatic amines is 1. The smallest absolute Gasteiger partial charge is 0.299 e. The highest BCUT2D eigenvalue weighted by Crippen LogP contribution is 2.27. The van der Waals surface area contributed by atoms with E-state index in [-0.39, 0.29) is 11.6 Å². The van der Waals surface area contributed by atoms with Crippen LogP contribution in [-0.2, 0) is 6.54 Å². The first-order chi connectivity index (χ1) is 8.52. The van der Waals surface area contributed by atoms with Crippen molar-refractivity contribution >= 4 is 0 Å². The quantitative estimate of drug-likeness (QED) is 0.806. The number of rotatable bonds is 4. The topological polar surface area (TPSA) is 81.9 Å². The highest BCUT2D eigenvalue weighted by molar-refractivity contribution is 5.21. The molecule has 1 aliphatic rings. The zero-order chi connectivity index (χ0) is 13.3. The molecule has 18 heavy (non-hydrogen) atoms. The van der Waals surface area contributed by atoms with Crippen molar-refractivity contribution in [2.75, 3.05) is 7.05 Å². The molecule has 1 aromatic rings. The minimum absolute atomic E-state index is 0.0316. The number of nitrogens with one attached hydrogen (secondary N) is 1. The highest BCUT2D eigenvalue weighted by atomic mass is 16.2. The van der Waals surface area contributed by atoms with Crippen LogP contribution in [0.2, 0.25) is 0 Å². The summed E-state index contributed by atoms with van der Waals surface area (Å²) in [7, 11) is 2.03. The van der Waals surface area contributed by atoms with Crippen LogP contribution in [0.25, 0.3) is 0 Å². The Kier molecular flexibility index (Phi) is 3.34. The lowest BCUT2D eigenvalue weighted by atomic mass is 10.2. The summed E-state index contributed by atoms with van der Waals surface area (Å²) in [5, 5.41) is 8.78. The van der Waals surface area contributed by atoms with E-state index in [4.69, 9.17) is 5.26 Å². The first kappa shape index (κ1) is 12.6. The van der Waals surface area contributed by atoms with Gasteiger partial charge >= 0.3 is 5.69 Å². The minimum Gasteiger partial charge on any atom is -0.299 e. The van der Waals surface area contributed by atoms with E-state index in [1.54, 1.807) is 6.07 Å². The fraction of sp³-hybridized carbons (Fsp3) is 0.583. The Morgan fingerprint density at radius 3 is 2.83 bits per heavy atom. The average molecular weight is 248 g/mol. The van der Waals surface area contributed by atoms with Gasteiger partial charge in [0.1, 0.15) is 11.6 Å². The van der Waals surface area contributed by atoms with Crippen molar-refractivity contribution in [3.63, 3.8) is 0 Å². The van der Waals surface area contributed by atoms with Gasteiger partial charge in [0.15, 0.2) is 0 Å². The SMILES string of the molecule is CC(Cn1cc(C#N)c(=O)[nH]c1=O)N(C)C1CC1. The van der Waals surface area contributed by atoms with Crippen LogP contribution in [0.15, 0.2) is 15.8 Å². The van der Waals surface area contributed by atoms with Gasteiger partial charge in [0.05, 0.1) is 0 Å². The van der Waals surface area contributed by atoms with Gasteiger partial charge in [-0.25, -0.2) is 4.79 Å². The van der Waals surface area contributed by atoms with E-state index in [9.17, 15) is 9.59 Å². The molecule has 1 aliphatic carbocycles. The summed E-state index contributed by atoms with van der Waals surface area (Å²) in [6.07, 6.45) is 3.73. The Bertz CT molecular complexity index is 591. The molecule has 0 amide bonds. The normalized spacial score (nSPS) is 16.6. The summed E-state index contributed by atoms with van der Waals surface area (Å²) < 4.78 is 1.39. The lowest BCUT2D eigenvalue weighted by molar-refractivity contribution is 0.223. The second-order valence-electron chi connectivity index (χ2n) is 4.81. The lowest BCUT2D eigenvalue weighted by Crippen LogP contribution is -2.39. The third kappa shape index (κ3) is 2.51. The van der Waals surface area contributed by atoms with E-state index in [0.717, 1.165) is 0 Å². The molecule has 1 saturated carbocycles. The zero-order valence-electron chi connectivity index (χ0n) is 10.5. The third-order valence-corrected chi connectivity index (χ3v) is 3.41. The molecule has 0 radical (unpaired) electrons. The zero-order valence-corrected chi connectivity index (χ0v) is 10.5. The molecule has 1 atom stereocenters. The van der Waals surface area contributed by atoms with E-state index < -0.39 is 11.2 Å². The van der Waals surface area contributed by atoms with Crippen molar-refractivity contribution in [2.24, 2.45) is 0 Å². The van der Waals surface area contributed by atoms with Crippen LogP contribution in [0, 0.1) is 11.3 Å². The summed E-state index contributed by atoms with van der Waals surface area (Å²) in [6, 6.07) is 2.58. The molecule has 1 fully saturated rings. The monoisotopic (exact) mass is 248 g/mol. The van der Waals surface area contributed by atoms with E-state index >= 15 is 0 Å². The number of nitrogens with zero attached hydrogens (tertiary/aromatic N) is 3. The second-order valence-corrected chi connectivity index (χ2v) is 4.81. The molecule has 96 valence electrons. The van der Waals surface area contributed by atoms with E-state index in [0.29, 0.717) is 12.6 Å². The van der Waals surface area contributed by atoms with Crippen LogP contribution >= 0.6 is 0 Å². The van der Waals surface area contributed by atoms with Gasteiger partial charge in [-0.3, -0.25) is 19.2 Å². The van der Waals surface area contributed by atoms with Crippen LogP contribution in [0.4, 0.5) is 0 Å². The fourth-order valence-electron chi connectivity index (χ4n) is 1.98. The van der Waals surface area contributed by atoms with E-state index in [1.165, 1.54) is 23.6 Å². The molecule has 0 spiro atoms. The minimum atomic E-state index is -0.623. The molecule has 1 N–H and O–H groups in total.